The van der Waals surface area contributed by atoms with Crippen molar-refractivity contribution in [3.8, 4) is 0 Å². The van der Waals surface area contributed by atoms with Crippen LogP contribution in [0.15, 0.2) is 43.0 Å². The van der Waals surface area contributed by atoms with E-state index in [0.29, 0.717) is 0 Å². The Bertz CT molecular complexity index is 375. The maximum absolute atomic E-state index is 11.8. The summed E-state index contributed by atoms with van der Waals surface area (Å²) in [6.45, 7) is 5.76. The van der Waals surface area contributed by atoms with Gasteiger partial charge in [-0.25, -0.2) is 4.79 Å². The predicted octanol–water partition coefficient (Wildman–Crippen LogP) is 2.85. The summed E-state index contributed by atoms with van der Waals surface area (Å²) in [5.74, 6) is -0.258. The Balaban J connectivity index is 2.74. The molecule has 1 aromatic rings. The zero-order valence-corrected chi connectivity index (χ0v) is 11.1. The first-order chi connectivity index (χ1) is 8.69. The van der Waals surface area contributed by atoms with Gasteiger partial charge in [0, 0.05) is 6.04 Å². The van der Waals surface area contributed by atoms with Crippen LogP contribution in [0.5, 0.6) is 0 Å². The molecule has 3 heteroatoms. The van der Waals surface area contributed by atoms with E-state index in [1.807, 2.05) is 36.4 Å². The molecule has 2 unspecified atom stereocenters. The van der Waals surface area contributed by atoms with Crippen molar-refractivity contribution in [3.63, 3.8) is 0 Å². The summed E-state index contributed by atoms with van der Waals surface area (Å²) in [7, 11) is 1.41. The van der Waals surface area contributed by atoms with Crippen LogP contribution >= 0.6 is 0 Å². The molecule has 1 aromatic carbocycles. The van der Waals surface area contributed by atoms with Crippen LogP contribution in [0.1, 0.15) is 31.4 Å². The molecule has 0 aliphatic carbocycles. The number of ether oxygens (including phenoxy) is 1. The average Bonchev–Trinajstić information content (AvgIpc) is 2.42. The third-order valence-electron chi connectivity index (χ3n) is 2.82. The largest absolute Gasteiger partial charge is 0.468 e. The van der Waals surface area contributed by atoms with Gasteiger partial charge in [0.1, 0.15) is 6.04 Å². The summed E-state index contributed by atoms with van der Waals surface area (Å²) in [5.41, 5.74) is 0.926. The van der Waals surface area contributed by atoms with Gasteiger partial charge in [0.2, 0.25) is 0 Å². The number of esters is 1. The number of benzene rings is 1. The number of methoxy groups -OCH3 is 1. The van der Waals surface area contributed by atoms with Crippen molar-refractivity contribution in [1.29, 1.82) is 0 Å². The lowest BCUT2D eigenvalue weighted by molar-refractivity contribution is -0.143. The maximum atomic E-state index is 11.8. The Kier molecular flexibility index (Phi) is 6.15. The Morgan fingerprint density at radius 1 is 1.44 bits per heavy atom. The third kappa shape index (κ3) is 4.34. The first-order valence-electron chi connectivity index (χ1n) is 6.18. The van der Waals surface area contributed by atoms with Crippen molar-refractivity contribution in [1.82, 2.24) is 5.32 Å². The van der Waals surface area contributed by atoms with Gasteiger partial charge >= 0.3 is 5.97 Å². The second-order valence-electron chi connectivity index (χ2n) is 4.30. The minimum atomic E-state index is -0.406. The fourth-order valence-electron chi connectivity index (χ4n) is 1.80. The molecule has 1 N–H and O–H groups in total. The van der Waals surface area contributed by atoms with E-state index in [0.717, 1.165) is 18.4 Å². The van der Waals surface area contributed by atoms with Gasteiger partial charge in [-0.2, -0.15) is 0 Å². The third-order valence-corrected chi connectivity index (χ3v) is 2.82. The summed E-state index contributed by atoms with van der Waals surface area (Å²) in [6, 6.07) is 9.44. The van der Waals surface area contributed by atoms with E-state index in [4.69, 9.17) is 4.74 Å². The van der Waals surface area contributed by atoms with Gasteiger partial charge in [0.15, 0.2) is 0 Å². The molecule has 2 atom stereocenters. The molecule has 0 saturated heterocycles. The van der Waals surface area contributed by atoms with Crippen molar-refractivity contribution in [3.05, 3.63) is 48.6 Å². The number of hydrogen-bond acceptors (Lipinski definition) is 3. The molecule has 3 nitrogen and oxygen atoms in total. The second-order valence-corrected chi connectivity index (χ2v) is 4.30. The van der Waals surface area contributed by atoms with Crippen LogP contribution in [-0.2, 0) is 9.53 Å². The van der Waals surface area contributed by atoms with Gasteiger partial charge in [-0.05, 0) is 25.3 Å². The van der Waals surface area contributed by atoms with Crippen LogP contribution in [0.2, 0.25) is 0 Å². The molecular formula is C15H21NO2. The van der Waals surface area contributed by atoms with Gasteiger partial charge in [-0.1, -0.05) is 36.4 Å². The van der Waals surface area contributed by atoms with Gasteiger partial charge in [-0.15, -0.1) is 6.58 Å². The SMILES string of the molecule is C=CCCC(C)NC(C(=O)OC)c1ccccc1. The zero-order chi connectivity index (χ0) is 13.4. The molecule has 0 aliphatic heterocycles. The topological polar surface area (TPSA) is 38.3 Å². The number of nitrogens with one attached hydrogen (secondary N) is 1. The van der Waals surface area contributed by atoms with Crippen LogP contribution < -0.4 is 5.32 Å². The molecule has 0 amide bonds. The minimum absolute atomic E-state index is 0.229. The lowest BCUT2D eigenvalue weighted by atomic mass is 10.0. The fraction of sp³-hybridized carbons (Fsp3) is 0.400. The molecule has 0 fully saturated rings. The fourth-order valence-corrected chi connectivity index (χ4v) is 1.80. The predicted molar refractivity (Wildman–Crippen MR) is 73.2 cm³/mol. The molecule has 0 bridgehead atoms. The van der Waals surface area contributed by atoms with Crippen molar-refractivity contribution in [2.24, 2.45) is 0 Å². The Morgan fingerprint density at radius 2 is 2.11 bits per heavy atom. The van der Waals surface area contributed by atoms with Crippen LogP contribution in [0.4, 0.5) is 0 Å². The van der Waals surface area contributed by atoms with Gasteiger partial charge in [0.25, 0.3) is 0 Å². The normalized spacial score (nSPS) is 13.7. The van der Waals surface area contributed by atoms with Crippen molar-refractivity contribution in [2.45, 2.75) is 31.8 Å². The van der Waals surface area contributed by atoms with Crippen molar-refractivity contribution < 1.29 is 9.53 Å². The van der Waals surface area contributed by atoms with E-state index in [9.17, 15) is 4.79 Å². The van der Waals surface area contributed by atoms with Gasteiger partial charge in [0.05, 0.1) is 7.11 Å². The summed E-state index contributed by atoms with van der Waals surface area (Å²) < 4.78 is 4.85. The summed E-state index contributed by atoms with van der Waals surface area (Å²) >= 11 is 0. The molecular weight excluding hydrogens is 226 g/mol. The molecule has 0 spiro atoms. The van der Waals surface area contributed by atoms with Crippen LogP contribution in [-0.4, -0.2) is 19.1 Å². The van der Waals surface area contributed by atoms with E-state index in [-0.39, 0.29) is 12.0 Å². The number of carbonyl (C=O) groups is 1. The molecule has 1 rings (SSSR count). The first kappa shape index (κ1) is 14.5. The van der Waals surface area contributed by atoms with Crippen LogP contribution in [0, 0.1) is 0 Å². The average molecular weight is 247 g/mol. The number of carbonyl (C=O) groups excluding carboxylic acids is 1. The smallest absolute Gasteiger partial charge is 0.327 e. The summed E-state index contributed by atoms with van der Waals surface area (Å²) in [4.78, 5) is 11.8. The quantitative estimate of drug-likeness (QED) is 0.595. The molecule has 0 aromatic heterocycles. The molecule has 0 saturated carbocycles. The molecule has 18 heavy (non-hydrogen) atoms. The van der Waals surface area contributed by atoms with E-state index in [1.165, 1.54) is 7.11 Å². The highest BCUT2D eigenvalue weighted by Crippen LogP contribution is 2.16. The van der Waals surface area contributed by atoms with E-state index >= 15 is 0 Å². The van der Waals surface area contributed by atoms with Crippen molar-refractivity contribution in [2.75, 3.05) is 7.11 Å². The Labute approximate surface area is 109 Å². The zero-order valence-electron chi connectivity index (χ0n) is 11.1. The summed E-state index contributed by atoms with van der Waals surface area (Å²) in [6.07, 6.45) is 3.76. The van der Waals surface area contributed by atoms with Gasteiger partial charge < -0.3 is 4.74 Å². The Morgan fingerprint density at radius 3 is 2.67 bits per heavy atom. The highest BCUT2D eigenvalue weighted by molar-refractivity contribution is 5.77. The lowest BCUT2D eigenvalue weighted by Gasteiger charge is -2.21. The number of rotatable bonds is 7. The number of allylic oxidation sites excluding steroid dienone is 1. The Hall–Kier alpha value is -1.61. The van der Waals surface area contributed by atoms with E-state index in [1.54, 1.807) is 0 Å². The highest BCUT2D eigenvalue weighted by atomic mass is 16.5. The lowest BCUT2D eigenvalue weighted by Crippen LogP contribution is -2.36. The van der Waals surface area contributed by atoms with Gasteiger partial charge in [-0.3, -0.25) is 5.32 Å². The standard InChI is InChI=1S/C15H21NO2/c1-4-5-9-12(2)16-14(15(17)18-3)13-10-7-6-8-11-13/h4,6-8,10-12,14,16H,1,5,9H2,2-3H3. The van der Waals surface area contributed by atoms with Crippen LogP contribution in [0.3, 0.4) is 0 Å². The van der Waals surface area contributed by atoms with E-state index in [2.05, 4.69) is 18.8 Å². The van der Waals surface area contributed by atoms with E-state index < -0.39 is 6.04 Å². The van der Waals surface area contributed by atoms with Crippen molar-refractivity contribution >= 4 is 5.97 Å². The second kappa shape index (κ2) is 7.67. The first-order valence-corrected chi connectivity index (χ1v) is 6.18. The highest BCUT2D eigenvalue weighted by Gasteiger charge is 2.22. The molecule has 0 radical (unpaired) electrons. The van der Waals surface area contributed by atoms with Crippen LogP contribution in [0.25, 0.3) is 0 Å². The molecule has 98 valence electrons. The minimum Gasteiger partial charge on any atom is -0.468 e. The maximum Gasteiger partial charge on any atom is 0.327 e. The summed E-state index contributed by atoms with van der Waals surface area (Å²) in [5, 5.41) is 3.30. The molecule has 0 aliphatic rings. The monoisotopic (exact) mass is 247 g/mol. The molecule has 0 heterocycles. The number of hydrogen-bond donors (Lipinski definition) is 1.